The maximum Gasteiger partial charge on any atom is 0.246 e. The van der Waals surface area contributed by atoms with Crippen molar-refractivity contribution in [3.05, 3.63) is 58.9 Å². The van der Waals surface area contributed by atoms with E-state index >= 15 is 0 Å². The molecule has 1 aliphatic heterocycles. The lowest BCUT2D eigenvalue weighted by atomic mass is 10.1. The Morgan fingerprint density at radius 1 is 1.12 bits per heavy atom. The molecule has 0 N–H and O–H groups in total. The van der Waals surface area contributed by atoms with Crippen LogP contribution in [0.3, 0.4) is 0 Å². The predicted molar refractivity (Wildman–Crippen MR) is 98.4 cm³/mol. The Kier molecular flexibility index (Phi) is 5.82. The molecule has 1 saturated heterocycles. The number of rotatable bonds is 5. The maximum absolute atomic E-state index is 13.9. The van der Waals surface area contributed by atoms with Gasteiger partial charge in [0.05, 0.1) is 7.11 Å². The largest absolute Gasteiger partial charge is 0.496 e. The van der Waals surface area contributed by atoms with Gasteiger partial charge in [-0.25, -0.2) is 12.8 Å². The molecule has 0 spiro atoms. The first-order valence-electron chi connectivity index (χ1n) is 8.21. The summed E-state index contributed by atoms with van der Waals surface area (Å²) in [4.78, 5) is 1.85. The molecule has 2 aromatic carbocycles. The number of hydrogen-bond donors (Lipinski definition) is 0. The highest BCUT2D eigenvalue weighted by Gasteiger charge is 2.30. The predicted octanol–water partition coefficient (Wildman–Crippen LogP) is 2.99. The zero-order valence-corrected chi connectivity index (χ0v) is 15.9. The van der Waals surface area contributed by atoms with Crippen LogP contribution in [0.4, 0.5) is 4.39 Å². The SMILES string of the molecule is COc1ccc(Cl)cc1CN1CCN(S(=O)(=O)c2ccccc2F)CC1. The summed E-state index contributed by atoms with van der Waals surface area (Å²) >= 11 is 6.06. The van der Waals surface area contributed by atoms with E-state index in [9.17, 15) is 12.8 Å². The van der Waals surface area contributed by atoms with Crippen LogP contribution in [0, 0.1) is 5.82 Å². The number of hydrogen-bond acceptors (Lipinski definition) is 4. The van der Waals surface area contributed by atoms with E-state index < -0.39 is 15.8 Å². The van der Waals surface area contributed by atoms with Crippen molar-refractivity contribution in [2.75, 3.05) is 33.3 Å². The zero-order chi connectivity index (χ0) is 18.7. The van der Waals surface area contributed by atoms with Gasteiger partial charge in [0, 0.05) is 43.3 Å². The Morgan fingerprint density at radius 3 is 2.46 bits per heavy atom. The van der Waals surface area contributed by atoms with E-state index in [1.54, 1.807) is 13.2 Å². The highest BCUT2D eigenvalue weighted by Crippen LogP contribution is 2.25. The van der Waals surface area contributed by atoms with Crippen molar-refractivity contribution in [3.8, 4) is 5.75 Å². The van der Waals surface area contributed by atoms with E-state index in [0.29, 0.717) is 37.7 Å². The third-order valence-electron chi connectivity index (χ3n) is 4.42. The smallest absolute Gasteiger partial charge is 0.246 e. The summed E-state index contributed by atoms with van der Waals surface area (Å²) in [5.41, 5.74) is 0.949. The molecule has 0 aromatic heterocycles. The van der Waals surface area contributed by atoms with Crippen LogP contribution in [0.2, 0.25) is 5.02 Å². The first-order chi connectivity index (χ1) is 12.4. The Morgan fingerprint density at radius 2 is 1.81 bits per heavy atom. The van der Waals surface area contributed by atoms with E-state index in [4.69, 9.17) is 16.3 Å². The van der Waals surface area contributed by atoms with E-state index in [1.165, 1.54) is 22.5 Å². The van der Waals surface area contributed by atoms with Crippen molar-refractivity contribution < 1.29 is 17.5 Å². The van der Waals surface area contributed by atoms with Gasteiger partial charge in [-0.2, -0.15) is 4.31 Å². The number of nitrogens with zero attached hydrogens (tertiary/aromatic N) is 2. The summed E-state index contributed by atoms with van der Waals surface area (Å²) in [6.07, 6.45) is 0. The molecule has 3 rings (SSSR count). The normalized spacial score (nSPS) is 16.6. The van der Waals surface area contributed by atoms with Gasteiger partial charge in [0.25, 0.3) is 0 Å². The van der Waals surface area contributed by atoms with Gasteiger partial charge in [0.1, 0.15) is 16.5 Å². The van der Waals surface area contributed by atoms with E-state index in [0.717, 1.165) is 17.4 Å². The summed E-state index contributed by atoms with van der Waals surface area (Å²) in [5, 5.41) is 0.626. The third-order valence-corrected chi connectivity index (χ3v) is 6.59. The molecule has 0 atom stereocenters. The minimum atomic E-state index is -3.82. The third kappa shape index (κ3) is 4.01. The van der Waals surface area contributed by atoms with Crippen LogP contribution in [0.1, 0.15) is 5.56 Å². The lowest BCUT2D eigenvalue weighted by Crippen LogP contribution is -2.48. The summed E-state index contributed by atoms with van der Waals surface area (Å²) in [6, 6.07) is 10.9. The van der Waals surface area contributed by atoms with E-state index in [-0.39, 0.29) is 4.90 Å². The van der Waals surface area contributed by atoms with Crippen molar-refractivity contribution in [1.82, 2.24) is 9.21 Å². The van der Waals surface area contributed by atoms with E-state index in [1.807, 2.05) is 12.1 Å². The Bertz CT molecular complexity index is 884. The van der Waals surface area contributed by atoms with Crippen LogP contribution in [-0.2, 0) is 16.6 Å². The fraction of sp³-hybridized carbons (Fsp3) is 0.333. The number of methoxy groups -OCH3 is 1. The molecule has 1 aliphatic rings. The van der Waals surface area contributed by atoms with Gasteiger partial charge >= 0.3 is 0 Å². The second-order valence-electron chi connectivity index (χ2n) is 6.07. The number of ether oxygens (including phenoxy) is 1. The van der Waals surface area contributed by atoms with Crippen molar-refractivity contribution in [3.63, 3.8) is 0 Å². The molecule has 0 aliphatic carbocycles. The van der Waals surface area contributed by atoms with Crippen LogP contribution in [0.25, 0.3) is 0 Å². The Labute approximate surface area is 158 Å². The molecule has 1 heterocycles. The fourth-order valence-electron chi connectivity index (χ4n) is 3.03. The van der Waals surface area contributed by atoms with Crippen molar-refractivity contribution in [1.29, 1.82) is 0 Å². The summed E-state index contributed by atoms with van der Waals surface area (Å²) in [6.45, 7) is 2.31. The number of halogens is 2. The van der Waals surface area contributed by atoms with Gasteiger partial charge in [-0.05, 0) is 30.3 Å². The van der Waals surface area contributed by atoms with Crippen molar-refractivity contribution >= 4 is 21.6 Å². The highest BCUT2D eigenvalue weighted by molar-refractivity contribution is 7.89. The lowest BCUT2D eigenvalue weighted by molar-refractivity contribution is 0.180. The Hall–Kier alpha value is -1.67. The van der Waals surface area contributed by atoms with Crippen molar-refractivity contribution in [2.45, 2.75) is 11.4 Å². The maximum atomic E-state index is 13.9. The summed E-state index contributed by atoms with van der Waals surface area (Å²) < 4.78 is 45.9. The average molecular weight is 399 g/mol. The van der Waals surface area contributed by atoms with Crippen LogP contribution < -0.4 is 4.74 Å². The molecular weight excluding hydrogens is 379 g/mol. The van der Waals surface area contributed by atoms with Gasteiger partial charge in [-0.15, -0.1) is 0 Å². The van der Waals surface area contributed by atoms with Gasteiger partial charge in [0.2, 0.25) is 10.0 Å². The standard InChI is InChI=1S/C18H20ClFN2O3S/c1-25-17-7-6-15(19)12-14(17)13-21-8-10-22(11-9-21)26(23,24)18-5-3-2-4-16(18)20/h2-7,12H,8-11,13H2,1H3. The molecular formula is C18H20ClFN2O3S. The van der Waals surface area contributed by atoms with Gasteiger partial charge in [0.15, 0.2) is 0 Å². The molecule has 26 heavy (non-hydrogen) atoms. The molecule has 2 aromatic rings. The first kappa shape index (κ1) is 19.1. The molecule has 0 bridgehead atoms. The highest BCUT2D eigenvalue weighted by atomic mass is 35.5. The molecule has 0 saturated carbocycles. The molecule has 140 valence electrons. The quantitative estimate of drug-likeness (QED) is 0.777. The summed E-state index contributed by atoms with van der Waals surface area (Å²) in [5.74, 6) is 0.0226. The minimum Gasteiger partial charge on any atom is -0.496 e. The van der Waals surface area contributed by atoms with Crippen LogP contribution in [-0.4, -0.2) is 50.9 Å². The monoisotopic (exact) mass is 398 g/mol. The van der Waals surface area contributed by atoms with Gasteiger partial charge in [-0.1, -0.05) is 23.7 Å². The fourth-order valence-corrected chi connectivity index (χ4v) is 4.71. The van der Waals surface area contributed by atoms with E-state index in [2.05, 4.69) is 4.90 Å². The lowest BCUT2D eigenvalue weighted by Gasteiger charge is -2.34. The topological polar surface area (TPSA) is 49.9 Å². The molecule has 0 amide bonds. The number of benzene rings is 2. The first-order valence-corrected chi connectivity index (χ1v) is 10.0. The molecule has 8 heteroatoms. The van der Waals surface area contributed by atoms with Crippen LogP contribution in [0.15, 0.2) is 47.4 Å². The number of piperazine rings is 1. The second kappa shape index (κ2) is 7.92. The molecule has 5 nitrogen and oxygen atoms in total. The van der Waals surface area contributed by atoms with Crippen molar-refractivity contribution in [2.24, 2.45) is 0 Å². The number of sulfonamides is 1. The van der Waals surface area contributed by atoms with Crippen LogP contribution >= 0.6 is 11.6 Å². The van der Waals surface area contributed by atoms with Gasteiger partial charge < -0.3 is 4.74 Å². The molecule has 0 unspecified atom stereocenters. The Balaban J connectivity index is 1.68. The molecule has 0 radical (unpaired) electrons. The van der Waals surface area contributed by atoms with Gasteiger partial charge in [-0.3, -0.25) is 4.90 Å². The zero-order valence-electron chi connectivity index (χ0n) is 14.4. The average Bonchev–Trinajstić information content (AvgIpc) is 2.62. The second-order valence-corrected chi connectivity index (χ2v) is 8.41. The molecule has 1 fully saturated rings. The van der Waals surface area contributed by atoms with Crippen LogP contribution in [0.5, 0.6) is 5.75 Å². The summed E-state index contributed by atoms with van der Waals surface area (Å²) in [7, 11) is -2.22. The minimum absolute atomic E-state index is 0.273.